The fourth-order valence-corrected chi connectivity index (χ4v) is 5.65. The van der Waals surface area contributed by atoms with Gasteiger partial charge in [0.1, 0.15) is 4.32 Å². The molecular weight excluding hydrogens is 536 g/mol. The van der Waals surface area contributed by atoms with Crippen LogP contribution in [0.3, 0.4) is 0 Å². The Balaban J connectivity index is 1.74. The van der Waals surface area contributed by atoms with Crippen LogP contribution >= 0.6 is 39.9 Å². The summed E-state index contributed by atoms with van der Waals surface area (Å²) in [4.78, 5) is 29.3. The largest absolute Gasteiger partial charge is 0.748 e. The van der Waals surface area contributed by atoms with E-state index in [1.54, 1.807) is 11.0 Å². The lowest BCUT2D eigenvalue weighted by Crippen LogP contribution is -2.33. The molecule has 0 N–H and O–H groups in total. The van der Waals surface area contributed by atoms with Crippen molar-refractivity contribution in [2.45, 2.75) is 13.5 Å². The molecule has 4 rings (SSSR count). The Hall–Kier alpha value is -2.05. The first-order valence-corrected chi connectivity index (χ1v) is 13.0. The number of hydrogen-bond donors (Lipinski definition) is 0. The minimum absolute atomic E-state index is 0.113. The van der Waals surface area contributed by atoms with Crippen LogP contribution in [0.4, 0.5) is 5.69 Å². The van der Waals surface area contributed by atoms with Gasteiger partial charge in [-0.15, -0.1) is 0 Å². The Morgan fingerprint density at radius 3 is 2.41 bits per heavy atom. The second kappa shape index (κ2) is 8.71. The third kappa shape index (κ3) is 4.53. The molecule has 1 saturated heterocycles. The number of carbonyl (C=O) groups is 2. The van der Waals surface area contributed by atoms with Crippen LogP contribution in [0.2, 0.25) is 0 Å². The van der Waals surface area contributed by atoms with Crippen molar-refractivity contribution in [2.75, 3.05) is 17.2 Å². The highest BCUT2D eigenvalue weighted by Gasteiger charge is 2.42. The number of nitrogens with zero attached hydrogens (tertiary/aromatic N) is 2. The number of benzene rings is 2. The van der Waals surface area contributed by atoms with Gasteiger partial charge in [-0.3, -0.25) is 14.5 Å². The summed E-state index contributed by atoms with van der Waals surface area (Å²) in [5.74, 6) is -1.66. The number of rotatable bonds is 5. The van der Waals surface area contributed by atoms with Crippen molar-refractivity contribution in [3.63, 3.8) is 0 Å². The first-order valence-electron chi connectivity index (χ1n) is 9.44. The van der Waals surface area contributed by atoms with E-state index in [4.69, 9.17) is 12.2 Å². The molecule has 0 atom stereocenters. The standard InChI is InChI=1S/C21H17BrN2O5S3/c1-12-2-4-13(5-3-12)11-24-16-7-6-14(22)10-15(16)17(19(24)25)18-20(26)23(21(30)31-18)8-9-32(27,28)29/h2-7,10H,8-9,11H2,1H3,(H,27,28,29)/p-1/b18-17-. The predicted octanol–water partition coefficient (Wildman–Crippen LogP) is 3.42. The first-order chi connectivity index (χ1) is 15.0. The van der Waals surface area contributed by atoms with E-state index >= 15 is 0 Å². The van der Waals surface area contributed by atoms with Crippen LogP contribution in [-0.2, 0) is 26.3 Å². The summed E-state index contributed by atoms with van der Waals surface area (Å²) in [5.41, 5.74) is 3.52. The Bertz CT molecular complexity index is 1290. The smallest absolute Gasteiger partial charge is 0.267 e. The number of amides is 2. The van der Waals surface area contributed by atoms with Crippen molar-refractivity contribution < 1.29 is 22.6 Å². The van der Waals surface area contributed by atoms with Gasteiger partial charge in [0.2, 0.25) is 0 Å². The fourth-order valence-electron chi connectivity index (χ4n) is 3.50. The summed E-state index contributed by atoms with van der Waals surface area (Å²) < 4.78 is 33.9. The molecule has 11 heteroatoms. The molecule has 2 amide bonds. The summed E-state index contributed by atoms with van der Waals surface area (Å²) in [6.45, 7) is 1.96. The number of hydrogen-bond acceptors (Lipinski definition) is 7. The van der Waals surface area contributed by atoms with E-state index in [9.17, 15) is 22.6 Å². The van der Waals surface area contributed by atoms with E-state index in [-0.39, 0.29) is 27.3 Å². The number of thiocarbonyl (C=S) groups is 1. The van der Waals surface area contributed by atoms with E-state index in [1.165, 1.54) is 0 Å². The van der Waals surface area contributed by atoms with Gasteiger partial charge < -0.3 is 9.45 Å². The van der Waals surface area contributed by atoms with Crippen molar-refractivity contribution in [3.8, 4) is 0 Å². The second-order valence-corrected chi connectivity index (χ2v) is 11.4. The zero-order valence-corrected chi connectivity index (χ0v) is 20.7. The lowest BCUT2D eigenvalue weighted by Gasteiger charge is -2.17. The summed E-state index contributed by atoms with van der Waals surface area (Å²) in [5, 5.41) is 0. The topological polar surface area (TPSA) is 97.8 Å². The molecule has 0 unspecified atom stereocenters. The average molecular weight is 552 g/mol. The Morgan fingerprint density at radius 2 is 1.75 bits per heavy atom. The molecule has 0 radical (unpaired) electrons. The van der Waals surface area contributed by atoms with Crippen LogP contribution in [0, 0.1) is 6.92 Å². The molecule has 0 saturated carbocycles. The van der Waals surface area contributed by atoms with Crippen LogP contribution in [0.1, 0.15) is 16.7 Å². The molecule has 0 aliphatic carbocycles. The monoisotopic (exact) mass is 551 g/mol. The van der Waals surface area contributed by atoms with E-state index < -0.39 is 21.8 Å². The molecule has 2 heterocycles. The minimum atomic E-state index is -4.52. The Labute approximate surface area is 203 Å². The molecule has 0 spiro atoms. The molecule has 2 aliphatic rings. The highest BCUT2D eigenvalue weighted by atomic mass is 79.9. The van der Waals surface area contributed by atoms with E-state index in [0.29, 0.717) is 17.8 Å². The van der Waals surface area contributed by atoms with Gasteiger partial charge in [0.05, 0.1) is 38.6 Å². The van der Waals surface area contributed by atoms with Crippen LogP contribution in [0.5, 0.6) is 0 Å². The Kier molecular flexibility index (Phi) is 6.29. The SMILES string of the molecule is Cc1ccc(CN2C(=O)/C(=C3\SC(=S)N(CCS(=O)(=O)[O-])C3=O)c3cc(Br)ccc32)cc1. The summed E-state index contributed by atoms with van der Waals surface area (Å²) in [7, 11) is -4.52. The molecule has 166 valence electrons. The van der Waals surface area contributed by atoms with Crippen molar-refractivity contribution in [1.29, 1.82) is 0 Å². The number of fused-ring (bicyclic) bond motifs is 1. The molecule has 0 bridgehead atoms. The number of thioether (sulfide) groups is 1. The van der Waals surface area contributed by atoms with E-state index in [1.807, 2.05) is 43.3 Å². The average Bonchev–Trinajstić information content (AvgIpc) is 3.13. The lowest BCUT2D eigenvalue weighted by atomic mass is 10.1. The minimum Gasteiger partial charge on any atom is -0.748 e. The van der Waals surface area contributed by atoms with Gasteiger partial charge in [-0.2, -0.15) is 0 Å². The third-order valence-corrected chi connectivity index (χ3v) is 7.70. The van der Waals surface area contributed by atoms with Crippen molar-refractivity contribution in [1.82, 2.24) is 4.90 Å². The zero-order chi connectivity index (χ0) is 23.2. The molecule has 0 aromatic heterocycles. The maximum atomic E-state index is 13.5. The van der Waals surface area contributed by atoms with Crippen LogP contribution in [0.25, 0.3) is 5.57 Å². The molecule has 7 nitrogen and oxygen atoms in total. The third-order valence-electron chi connectivity index (χ3n) is 5.08. The van der Waals surface area contributed by atoms with Gasteiger partial charge in [-0.1, -0.05) is 69.7 Å². The maximum absolute atomic E-state index is 13.5. The Morgan fingerprint density at radius 1 is 1.06 bits per heavy atom. The fraction of sp³-hybridized carbons (Fsp3) is 0.190. The van der Waals surface area contributed by atoms with Gasteiger partial charge in [0.15, 0.2) is 0 Å². The zero-order valence-electron chi connectivity index (χ0n) is 16.7. The molecule has 2 aromatic rings. The van der Waals surface area contributed by atoms with Gasteiger partial charge in [0, 0.05) is 16.6 Å². The van der Waals surface area contributed by atoms with Crippen LogP contribution in [0.15, 0.2) is 51.8 Å². The number of carbonyl (C=O) groups excluding carboxylic acids is 2. The molecule has 2 aromatic carbocycles. The number of aryl methyl sites for hydroxylation is 1. The predicted molar refractivity (Wildman–Crippen MR) is 130 cm³/mol. The molecule has 2 aliphatic heterocycles. The van der Waals surface area contributed by atoms with Gasteiger partial charge in [-0.25, -0.2) is 8.42 Å². The van der Waals surface area contributed by atoms with Crippen LogP contribution < -0.4 is 4.90 Å². The maximum Gasteiger partial charge on any atom is 0.267 e. The van der Waals surface area contributed by atoms with Crippen molar-refractivity contribution >= 4 is 77.4 Å². The molecular formula is C21H16BrN2O5S3-. The quantitative estimate of drug-likeness (QED) is 0.319. The van der Waals surface area contributed by atoms with Gasteiger partial charge >= 0.3 is 0 Å². The first kappa shape index (κ1) is 23.1. The summed E-state index contributed by atoms with van der Waals surface area (Å²) in [6, 6.07) is 13.2. The normalized spacial score (nSPS) is 18.7. The van der Waals surface area contributed by atoms with Crippen molar-refractivity contribution in [3.05, 3.63) is 68.5 Å². The summed E-state index contributed by atoms with van der Waals surface area (Å²) >= 11 is 9.59. The molecule has 1 fully saturated rings. The lowest BCUT2D eigenvalue weighted by molar-refractivity contribution is -0.122. The number of anilines is 1. The highest BCUT2D eigenvalue weighted by molar-refractivity contribution is 9.10. The van der Waals surface area contributed by atoms with Crippen molar-refractivity contribution in [2.24, 2.45) is 0 Å². The van der Waals surface area contributed by atoms with E-state index in [2.05, 4.69) is 15.9 Å². The van der Waals surface area contributed by atoms with Gasteiger partial charge in [0.25, 0.3) is 11.8 Å². The van der Waals surface area contributed by atoms with Gasteiger partial charge in [-0.05, 0) is 30.7 Å². The molecule has 32 heavy (non-hydrogen) atoms. The highest BCUT2D eigenvalue weighted by Crippen LogP contribution is 2.45. The summed E-state index contributed by atoms with van der Waals surface area (Å²) in [6.07, 6.45) is 0. The van der Waals surface area contributed by atoms with Crippen LogP contribution in [-0.4, -0.2) is 46.3 Å². The number of halogens is 1. The van der Waals surface area contributed by atoms with E-state index in [0.717, 1.165) is 32.3 Å². The second-order valence-electron chi connectivity index (χ2n) is 7.33.